The molecule has 0 bridgehead atoms. The van der Waals surface area contributed by atoms with Gasteiger partial charge in [-0.2, -0.15) is 12.6 Å². The largest absolute Gasteiger partial charge is 0.481 e. The number of nitrogens with two attached hydrogens (primary N) is 2. The summed E-state index contributed by atoms with van der Waals surface area (Å²) in [6.07, 6.45) is 1.17. The first-order valence-electron chi connectivity index (χ1n) is 10.4. The zero-order chi connectivity index (χ0) is 24.8. The van der Waals surface area contributed by atoms with Gasteiger partial charge in [-0.1, -0.05) is 20.3 Å². The Kier molecular flexibility index (Phi) is 14.3. The maximum atomic E-state index is 12.8. The third-order valence-electron chi connectivity index (χ3n) is 4.90. The van der Waals surface area contributed by atoms with E-state index in [-0.39, 0.29) is 18.1 Å². The first-order valence-corrected chi connectivity index (χ1v) is 11.0. The van der Waals surface area contributed by atoms with Crippen LogP contribution in [0, 0.1) is 5.92 Å². The fraction of sp³-hybridized carbons (Fsp3) is 0.737. The second kappa shape index (κ2) is 15.4. The molecular formula is C19H35N5O7S. The topological polar surface area (TPSA) is 214 Å². The van der Waals surface area contributed by atoms with E-state index in [0.29, 0.717) is 25.8 Å². The van der Waals surface area contributed by atoms with Gasteiger partial charge in [-0.3, -0.25) is 19.2 Å². The third-order valence-corrected chi connectivity index (χ3v) is 5.27. The molecule has 5 atom stereocenters. The molecule has 0 rings (SSSR count). The van der Waals surface area contributed by atoms with Crippen LogP contribution >= 0.6 is 12.6 Å². The third kappa shape index (κ3) is 10.8. The van der Waals surface area contributed by atoms with Crippen molar-refractivity contribution in [2.24, 2.45) is 17.4 Å². The van der Waals surface area contributed by atoms with Crippen LogP contribution in [0.3, 0.4) is 0 Å². The molecule has 5 unspecified atom stereocenters. The Balaban J connectivity index is 5.24. The van der Waals surface area contributed by atoms with Gasteiger partial charge >= 0.3 is 11.9 Å². The number of hydrogen-bond donors (Lipinski definition) is 8. The number of thiol groups is 1. The van der Waals surface area contributed by atoms with E-state index in [2.05, 4.69) is 28.6 Å². The van der Waals surface area contributed by atoms with Crippen molar-refractivity contribution < 1.29 is 34.2 Å². The average Bonchev–Trinajstić information content (AvgIpc) is 2.73. The van der Waals surface area contributed by atoms with Crippen molar-refractivity contribution in [1.82, 2.24) is 16.0 Å². The molecule has 12 nitrogen and oxygen atoms in total. The molecule has 0 spiro atoms. The average molecular weight is 478 g/mol. The Morgan fingerprint density at radius 1 is 0.938 bits per heavy atom. The van der Waals surface area contributed by atoms with Crippen LogP contribution in [-0.4, -0.2) is 76.3 Å². The smallest absolute Gasteiger partial charge is 0.326 e. The fourth-order valence-electron chi connectivity index (χ4n) is 2.72. The van der Waals surface area contributed by atoms with Crippen LogP contribution < -0.4 is 27.4 Å². The number of hydrogen-bond acceptors (Lipinski definition) is 8. The van der Waals surface area contributed by atoms with Crippen molar-refractivity contribution in [2.45, 2.75) is 70.1 Å². The molecule has 0 aromatic rings. The molecule has 0 aliphatic rings. The summed E-state index contributed by atoms with van der Waals surface area (Å²) >= 11 is 4.06. The Morgan fingerprint density at radius 2 is 1.53 bits per heavy atom. The van der Waals surface area contributed by atoms with Crippen LogP contribution in [0.15, 0.2) is 0 Å². The number of carboxylic acid groups (broad SMARTS) is 2. The second-order valence-electron chi connectivity index (χ2n) is 7.50. The second-order valence-corrected chi connectivity index (χ2v) is 7.87. The van der Waals surface area contributed by atoms with Gasteiger partial charge in [-0.25, -0.2) is 4.79 Å². The molecule has 0 fully saturated rings. The van der Waals surface area contributed by atoms with Crippen LogP contribution in [0.1, 0.15) is 46.0 Å². The molecule has 0 saturated carbocycles. The lowest BCUT2D eigenvalue weighted by molar-refractivity contribution is -0.142. The lowest BCUT2D eigenvalue weighted by Gasteiger charge is -2.27. The number of carbonyl (C=O) groups is 5. The van der Waals surface area contributed by atoms with Gasteiger partial charge in [0.25, 0.3) is 0 Å². The van der Waals surface area contributed by atoms with Gasteiger partial charge in [0.15, 0.2) is 0 Å². The van der Waals surface area contributed by atoms with Gasteiger partial charge < -0.3 is 37.6 Å². The van der Waals surface area contributed by atoms with E-state index in [1.54, 1.807) is 13.8 Å². The molecule has 0 aromatic heterocycles. The number of unbranched alkanes of at least 4 members (excludes halogenated alkanes) is 1. The van der Waals surface area contributed by atoms with Crippen LogP contribution in [-0.2, 0) is 24.0 Å². The van der Waals surface area contributed by atoms with Crippen molar-refractivity contribution in [3.8, 4) is 0 Å². The van der Waals surface area contributed by atoms with Crippen molar-refractivity contribution in [1.29, 1.82) is 0 Å². The summed E-state index contributed by atoms with van der Waals surface area (Å²) < 4.78 is 0. The quantitative estimate of drug-likeness (QED) is 0.0950. The van der Waals surface area contributed by atoms with Crippen LogP contribution in [0.5, 0.6) is 0 Å². The molecule has 0 aliphatic heterocycles. The van der Waals surface area contributed by atoms with Gasteiger partial charge in [0.05, 0.1) is 12.5 Å². The zero-order valence-electron chi connectivity index (χ0n) is 18.4. The fourth-order valence-corrected chi connectivity index (χ4v) is 2.98. The van der Waals surface area contributed by atoms with E-state index >= 15 is 0 Å². The zero-order valence-corrected chi connectivity index (χ0v) is 19.3. The summed E-state index contributed by atoms with van der Waals surface area (Å²) in [5.41, 5.74) is 11.0. The SMILES string of the molecule is CCC(C)C(NC(=O)C(N)CC(=O)O)C(=O)NC(CS)C(=O)NC(CCCCN)C(=O)O. The monoisotopic (exact) mass is 477 g/mol. The number of aliphatic carboxylic acids is 2. The number of nitrogens with one attached hydrogen (secondary N) is 3. The van der Waals surface area contributed by atoms with Gasteiger partial charge in [0.1, 0.15) is 18.1 Å². The lowest BCUT2D eigenvalue weighted by atomic mass is 9.97. The summed E-state index contributed by atoms with van der Waals surface area (Å²) in [5, 5.41) is 25.4. The predicted molar refractivity (Wildman–Crippen MR) is 120 cm³/mol. The highest BCUT2D eigenvalue weighted by atomic mass is 32.1. The minimum Gasteiger partial charge on any atom is -0.481 e. The predicted octanol–water partition coefficient (Wildman–Crippen LogP) is -1.57. The maximum absolute atomic E-state index is 12.8. The van der Waals surface area contributed by atoms with Crippen molar-refractivity contribution in [3.63, 3.8) is 0 Å². The highest BCUT2D eigenvalue weighted by Gasteiger charge is 2.32. The van der Waals surface area contributed by atoms with E-state index < -0.39 is 60.2 Å². The lowest BCUT2D eigenvalue weighted by Crippen LogP contribution is -2.59. The Labute approximate surface area is 192 Å². The highest BCUT2D eigenvalue weighted by molar-refractivity contribution is 7.80. The number of rotatable bonds is 16. The molecule has 3 amide bonds. The Hall–Kier alpha value is -2.38. The van der Waals surface area contributed by atoms with E-state index in [1.807, 2.05) is 0 Å². The summed E-state index contributed by atoms with van der Waals surface area (Å²) in [6, 6.07) is -4.73. The maximum Gasteiger partial charge on any atom is 0.326 e. The Bertz CT molecular complexity index is 664. The minimum absolute atomic E-state index is 0.119. The van der Waals surface area contributed by atoms with Gasteiger partial charge in [0, 0.05) is 5.75 Å². The minimum atomic E-state index is -1.35. The van der Waals surface area contributed by atoms with Crippen LogP contribution in [0.25, 0.3) is 0 Å². The molecule has 9 N–H and O–H groups in total. The molecule has 184 valence electrons. The molecule has 13 heteroatoms. The van der Waals surface area contributed by atoms with Crippen molar-refractivity contribution >= 4 is 42.3 Å². The molecule has 0 radical (unpaired) electrons. The first-order chi connectivity index (χ1) is 15.0. The number of carboxylic acids is 2. The van der Waals surface area contributed by atoms with Gasteiger partial charge in [0.2, 0.25) is 17.7 Å². The summed E-state index contributed by atoms with van der Waals surface area (Å²) in [7, 11) is 0. The van der Waals surface area contributed by atoms with E-state index in [9.17, 15) is 29.1 Å². The van der Waals surface area contributed by atoms with Gasteiger partial charge in [-0.05, 0) is 31.7 Å². The molecule has 32 heavy (non-hydrogen) atoms. The molecule has 0 aliphatic carbocycles. The molecular weight excluding hydrogens is 442 g/mol. The molecule has 0 saturated heterocycles. The van der Waals surface area contributed by atoms with Crippen molar-refractivity contribution in [2.75, 3.05) is 12.3 Å². The number of carbonyl (C=O) groups excluding carboxylic acids is 3. The summed E-state index contributed by atoms with van der Waals surface area (Å²) in [4.78, 5) is 59.7. The van der Waals surface area contributed by atoms with Gasteiger partial charge in [-0.15, -0.1) is 0 Å². The normalized spacial score (nSPS) is 15.5. The summed E-state index contributed by atoms with van der Waals surface area (Å²) in [6.45, 7) is 3.88. The molecule has 0 heterocycles. The van der Waals surface area contributed by atoms with Crippen molar-refractivity contribution in [3.05, 3.63) is 0 Å². The number of amides is 3. The Morgan fingerprint density at radius 3 is 2.00 bits per heavy atom. The van der Waals surface area contributed by atoms with Crippen LogP contribution in [0.4, 0.5) is 0 Å². The first kappa shape index (κ1) is 29.6. The van der Waals surface area contributed by atoms with Crippen LogP contribution in [0.2, 0.25) is 0 Å². The summed E-state index contributed by atoms with van der Waals surface area (Å²) in [5.74, 6) is -5.19. The standard InChI is InChI=1S/C19H35N5O7S/c1-3-10(2)15(24-16(27)11(21)8-14(25)26)18(29)23-13(9-32)17(28)22-12(19(30)31)6-4-5-7-20/h10-13,15,32H,3-9,20-21H2,1-2H3,(H,22,28)(H,23,29)(H,24,27)(H,25,26)(H,30,31). The highest BCUT2D eigenvalue weighted by Crippen LogP contribution is 2.10. The molecule has 0 aromatic carbocycles. The van der Waals surface area contributed by atoms with E-state index in [1.165, 1.54) is 0 Å². The van der Waals surface area contributed by atoms with E-state index in [0.717, 1.165) is 0 Å². The van der Waals surface area contributed by atoms with E-state index in [4.69, 9.17) is 16.6 Å².